The standard InChI is InChI=1S/C8H6F2N2O/c9-8(10)6-2-1-5(3-11)7(4-13)12-6/h1-2,8,13H,4H2. The molecule has 0 saturated carbocycles. The van der Waals surface area contributed by atoms with Crippen molar-refractivity contribution in [3.63, 3.8) is 0 Å². The number of pyridine rings is 1. The summed E-state index contributed by atoms with van der Waals surface area (Å²) in [5, 5.41) is 17.2. The number of aliphatic hydroxyl groups excluding tert-OH is 1. The largest absolute Gasteiger partial charge is 0.390 e. The van der Waals surface area contributed by atoms with E-state index < -0.39 is 18.7 Å². The summed E-state index contributed by atoms with van der Waals surface area (Å²) in [7, 11) is 0. The van der Waals surface area contributed by atoms with Crippen LogP contribution in [0.15, 0.2) is 12.1 Å². The third kappa shape index (κ3) is 1.98. The zero-order valence-electron chi connectivity index (χ0n) is 6.54. The average Bonchev–Trinajstić information content (AvgIpc) is 2.16. The van der Waals surface area contributed by atoms with Crippen molar-refractivity contribution >= 4 is 0 Å². The number of hydrogen-bond donors (Lipinski definition) is 1. The molecular formula is C8H6F2N2O. The Morgan fingerprint density at radius 2 is 2.23 bits per heavy atom. The number of hydrogen-bond acceptors (Lipinski definition) is 3. The van der Waals surface area contributed by atoms with E-state index in [-0.39, 0.29) is 11.3 Å². The predicted molar refractivity (Wildman–Crippen MR) is 39.8 cm³/mol. The number of nitriles is 1. The molecule has 0 aliphatic rings. The third-order valence-corrected chi connectivity index (χ3v) is 1.49. The molecule has 1 rings (SSSR count). The second kappa shape index (κ2) is 3.92. The van der Waals surface area contributed by atoms with Crippen LogP contribution in [0.25, 0.3) is 0 Å². The molecule has 0 aliphatic carbocycles. The van der Waals surface area contributed by atoms with E-state index in [1.54, 1.807) is 6.07 Å². The van der Waals surface area contributed by atoms with Crippen molar-refractivity contribution in [2.75, 3.05) is 0 Å². The minimum absolute atomic E-state index is 0.0136. The van der Waals surface area contributed by atoms with Gasteiger partial charge in [-0.05, 0) is 12.1 Å². The van der Waals surface area contributed by atoms with Crippen LogP contribution in [0.2, 0.25) is 0 Å². The molecule has 1 aromatic rings. The van der Waals surface area contributed by atoms with Crippen LogP contribution in [0.5, 0.6) is 0 Å². The van der Waals surface area contributed by atoms with Gasteiger partial charge in [-0.3, -0.25) is 0 Å². The highest BCUT2D eigenvalue weighted by Gasteiger charge is 2.11. The molecule has 0 radical (unpaired) electrons. The fourth-order valence-corrected chi connectivity index (χ4v) is 0.862. The Hall–Kier alpha value is -1.54. The van der Waals surface area contributed by atoms with Gasteiger partial charge in [-0.15, -0.1) is 0 Å². The normalized spacial score (nSPS) is 10.1. The van der Waals surface area contributed by atoms with Crippen LogP contribution in [0.4, 0.5) is 8.78 Å². The highest BCUT2D eigenvalue weighted by molar-refractivity contribution is 5.34. The van der Waals surface area contributed by atoms with Crippen LogP contribution in [-0.2, 0) is 6.61 Å². The highest BCUT2D eigenvalue weighted by atomic mass is 19.3. The van der Waals surface area contributed by atoms with Crippen molar-refractivity contribution in [1.82, 2.24) is 4.98 Å². The molecule has 1 heterocycles. The molecule has 0 unspecified atom stereocenters. The van der Waals surface area contributed by atoms with E-state index in [9.17, 15) is 8.78 Å². The first-order chi connectivity index (χ1) is 6.19. The van der Waals surface area contributed by atoms with Crippen LogP contribution in [0, 0.1) is 11.3 Å². The second-order valence-electron chi connectivity index (χ2n) is 2.30. The molecule has 3 nitrogen and oxygen atoms in total. The SMILES string of the molecule is N#Cc1ccc(C(F)F)nc1CO. The summed E-state index contributed by atoms with van der Waals surface area (Å²) in [5.41, 5.74) is -0.324. The summed E-state index contributed by atoms with van der Waals surface area (Å²) >= 11 is 0. The Bertz CT molecular complexity index is 346. The molecule has 5 heteroatoms. The number of rotatable bonds is 2. The number of alkyl halides is 2. The molecule has 1 aromatic heterocycles. The maximum atomic E-state index is 12.1. The van der Waals surface area contributed by atoms with Crippen LogP contribution < -0.4 is 0 Å². The molecule has 0 spiro atoms. The molecule has 0 atom stereocenters. The van der Waals surface area contributed by atoms with E-state index in [4.69, 9.17) is 10.4 Å². The lowest BCUT2D eigenvalue weighted by atomic mass is 10.2. The lowest BCUT2D eigenvalue weighted by Crippen LogP contribution is -1.99. The third-order valence-electron chi connectivity index (χ3n) is 1.49. The van der Waals surface area contributed by atoms with Crippen LogP contribution in [0.3, 0.4) is 0 Å². The Morgan fingerprint density at radius 1 is 1.54 bits per heavy atom. The number of aliphatic hydroxyl groups is 1. The van der Waals surface area contributed by atoms with Gasteiger partial charge in [0, 0.05) is 0 Å². The lowest BCUT2D eigenvalue weighted by molar-refractivity contribution is 0.145. The predicted octanol–water partition coefficient (Wildman–Crippen LogP) is 1.38. The minimum atomic E-state index is -2.68. The van der Waals surface area contributed by atoms with Gasteiger partial charge in [0.2, 0.25) is 0 Å². The first-order valence-electron chi connectivity index (χ1n) is 3.48. The Morgan fingerprint density at radius 3 is 2.69 bits per heavy atom. The lowest BCUT2D eigenvalue weighted by Gasteiger charge is -2.02. The number of halogens is 2. The summed E-state index contributed by atoms with van der Waals surface area (Å²) < 4.78 is 24.2. The maximum Gasteiger partial charge on any atom is 0.280 e. The fourth-order valence-electron chi connectivity index (χ4n) is 0.862. The molecule has 0 bridgehead atoms. The highest BCUT2D eigenvalue weighted by Crippen LogP contribution is 2.17. The van der Waals surface area contributed by atoms with E-state index in [2.05, 4.69) is 4.98 Å². The van der Waals surface area contributed by atoms with Gasteiger partial charge in [-0.25, -0.2) is 13.8 Å². The minimum Gasteiger partial charge on any atom is -0.390 e. The van der Waals surface area contributed by atoms with Gasteiger partial charge in [-0.2, -0.15) is 5.26 Å². The van der Waals surface area contributed by atoms with Crippen molar-refractivity contribution in [1.29, 1.82) is 5.26 Å². The van der Waals surface area contributed by atoms with Crippen molar-refractivity contribution in [2.24, 2.45) is 0 Å². The van der Waals surface area contributed by atoms with Gasteiger partial charge in [0.05, 0.1) is 17.9 Å². The van der Waals surface area contributed by atoms with Crippen LogP contribution in [-0.4, -0.2) is 10.1 Å². The molecule has 1 N–H and O–H groups in total. The molecule has 0 amide bonds. The van der Waals surface area contributed by atoms with Gasteiger partial charge < -0.3 is 5.11 Å². The zero-order valence-corrected chi connectivity index (χ0v) is 6.54. The Balaban J connectivity index is 3.15. The molecule has 0 aliphatic heterocycles. The fraction of sp³-hybridized carbons (Fsp3) is 0.250. The van der Waals surface area contributed by atoms with Gasteiger partial charge >= 0.3 is 0 Å². The van der Waals surface area contributed by atoms with Crippen LogP contribution in [0.1, 0.15) is 23.4 Å². The van der Waals surface area contributed by atoms with E-state index in [1.807, 2.05) is 0 Å². The smallest absolute Gasteiger partial charge is 0.280 e. The quantitative estimate of drug-likeness (QED) is 0.755. The van der Waals surface area contributed by atoms with Crippen LogP contribution >= 0.6 is 0 Å². The summed E-state index contributed by atoms with van der Waals surface area (Å²) in [6, 6.07) is 4.04. The summed E-state index contributed by atoms with van der Waals surface area (Å²) in [5.74, 6) is 0. The van der Waals surface area contributed by atoms with E-state index in [0.29, 0.717) is 0 Å². The van der Waals surface area contributed by atoms with Crippen molar-refractivity contribution in [3.05, 3.63) is 29.1 Å². The van der Waals surface area contributed by atoms with E-state index in [0.717, 1.165) is 6.07 Å². The molecule has 68 valence electrons. The zero-order chi connectivity index (χ0) is 9.84. The maximum absolute atomic E-state index is 12.1. The van der Waals surface area contributed by atoms with Gasteiger partial charge in [0.25, 0.3) is 6.43 Å². The van der Waals surface area contributed by atoms with E-state index in [1.165, 1.54) is 6.07 Å². The number of nitrogens with zero attached hydrogens (tertiary/aromatic N) is 2. The van der Waals surface area contributed by atoms with Gasteiger partial charge in [0.1, 0.15) is 11.8 Å². The Kier molecular flexibility index (Phi) is 2.88. The molecule has 0 saturated heterocycles. The molecular weight excluding hydrogens is 178 g/mol. The first kappa shape index (κ1) is 9.55. The summed E-state index contributed by atoms with van der Waals surface area (Å²) in [6.45, 7) is -0.510. The average molecular weight is 184 g/mol. The summed E-state index contributed by atoms with van der Waals surface area (Å²) in [4.78, 5) is 3.44. The molecule has 0 fully saturated rings. The summed E-state index contributed by atoms with van der Waals surface area (Å²) in [6.07, 6.45) is -2.68. The van der Waals surface area contributed by atoms with Gasteiger partial charge in [0.15, 0.2) is 0 Å². The van der Waals surface area contributed by atoms with E-state index >= 15 is 0 Å². The molecule has 13 heavy (non-hydrogen) atoms. The first-order valence-corrected chi connectivity index (χ1v) is 3.48. The van der Waals surface area contributed by atoms with Crippen molar-refractivity contribution in [2.45, 2.75) is 13.0 Å². The molecule has 0 aromatic carbocycles. The topological polar surface area (TPSA) is 56.9 Å². The monoisotopic (exact) mass is 184 g/mol. The van der Waals surface area contributed by atoms with Crippen molar-refractivity contribution in [3.8, 4) is 6.07 Å². The number of aromatic nitrogens is 1. The second-order valence-corrected chi connectivity index (χ2v) is 2.30. The van der Waals surface area contributed by atoms with Gasteiger partial charge in [-0.1, -0.05) is 0 Å². The Labute approximate surface area is 73.3 Å². The van der Waals surface area contributed by atoms with Crippen molar-refractivity contribution < 1.29 is 13.9 Å².